The lowest BCUT2D eigenvalue weighted by Gasteiger charge is -1.95. The van der Waals surface area contributed by atoms with Gasteiger partial charge in [-0.15, -0.1) is 0 Å². The van der Waals surface area contributed by atoms with Crippen LogP contribution in [0.1, 0.15) is 11.4 Å². The van der Waals surface area contributed by atoms with E-state index in [1.54, 1.807) is 30.1 Å². The van der Waals surface area contributed by atoms with E-state index in [2.05, 4.69) is 17.0 Å². The summed E-state index contributed by atoms with van der Waals surface area (Å²) >= 11 is 0. The first kappa shape index (κ1) is 11.2. The highest BCUT2D eigenvalue weighted by Crippen LogP contribution is 2.04. The Balaban J connectivity index is 2.80. The number of aryl methyl sites for hydroxylation is 1. The van der Waals surface area contributed by atoms with Gasteiger partial charge in [-0.2, -0.15) is 5.10 Å². The van der Waals surface area contributed by atoms with Crippen LogP contribution in [-0.4, -0.2) is 22.7 Å². The van der Waals surface area contributed by atoms with Gasteiger partial charge >= 0.3 is 0 Å². The van der Waals surface area contributed by atoms with Gasteiger partial charge in [0.25, 0.3) is 0 Å². The van der Waals surface area contributed by atoms with Crippen molar-refractivity contribution in [1.29, 1.82) is 0 Å². The van der Waals surface area contributed by atoms with Crippen LogP contribution in [0.5, 0.6) is 0 Å². The zero-order chi connectivity index (χ0) is 11.3. The van der Waals surface area contributed by atoms with Gasteiger partial charge in [0, 0.05) is 18.9 Å². The smallest absolute Gasteiger partial charge is 0.225 e. The fraction of sp³-hybridized carbons (Fsp3) is 0.273. The number of rotatable bonds is 4. The summed E-state index contributed by atoms with van der Waals surface area (Å²) in [6, 6.07) is 1.89. The first-order valence-electron chi connectivity index (χ1n) is 4.72. The number of allylic oxidation sites excluding steroid dienone is 2. The van der Waals surface area contributed by atoms with Crippen LogP contribution < -0.4 is 5.32 Å². The summed E-state index contributed by atoms with van der Waals surface area (Å²) in [7, 11) is 1.61. The van der Waals surface area contributed by atoms with Gasteiger partial charge in [-0.05, 0) is 19.1 Å². The highest BCUT2D eigenvalue weighted by molar-refractivity contribution is 5.77. The maximum atomic E-state index is 11.1. The predicted octanol–water partition coefficient (Wildman–Crippen LogP) is 1.14. The third-order valence-corrected chi connectivity index (χ3v) is 1.96. The van der Waals surface area contributed by atoms with E-state index in [1.807, 2.05) is 13.0 Å². The molecule has 0 unspecified atom stereocenters. The Morgan fingerprint density at radius 2 is 2.47 bits per heavy atom. The van der Waals surface area contributed by atoms with Crippen molar-refractivity contribution in [2.24, 2.45) is 0 Å². The molecule has 4 nitrogen and oxygen atoms in total. The highest BCUT2D eigenvalue weighted by Gasteiger charge is 2.06. The predicted molar refractivity (Wildman–Crippen MR) is 60.3 cm³/mol. The normalized spacial score (nSPS) is 10.5. The van der Waals surface area contributed by atoms with Gasteiger partial charge in [0.05, 0.1) is 12.1 Å². The van der Waals surface area contributed by atoms with Crippen LogP contribution in [0.25, 0.3) is 6.20 Å². The molecule has 0 atom stereocenters. The van der Waals surface area contributed by atoms with Gasteiger partial charge in [-0.25, -0.2) is 4.68 Å². The third-order valence-electron chi connectivity index (χ3n) is 1.96. The summed E-state index contributed by atoms with van der Waals surface area (Å²) in [5, 5.41) is 6.82. The number of aromatic nitrogens is 2. The number of amides is 1. The minimum Gasteiger partial charge on any atom is -0.359 e. The topological polar surface area (TPSA) is 46.9 Å². The van der Waals surface area contributed by atoms with Gasteiger partial charge in [-0.3, -0.25) is 4.79 Å². The number of carbonyl (C=O) groups is 1. The molecule has 4 heteroatoms. The quantitative estimate of drug-likeness (QED) is 0.749. The molecule has 1 heterocycles. The zero-order valence-electron chi connectivity index (χ0n) is 9.03. The first-order chi connectivity index (χ1) is 7.17. The Hall–Kier alpha value is -1.84. The lowest BCUT2D eigenvalue weighted by Crippen LogP contribution is -2.20. The molecule has 0 radical (unpaired) electrons. The van der Waals surface area contributed by atoms with E-state index in [9.17, 15) is 4.79 Å². The lowest BCUT2D eigenvalue weighted by molar-refractivity contribution is -0.120. The van der Waals surface area contributed by atoms with Crippen LogP contribution in [0.4, 0.5) is 0 Å². The van der Waals surface area contributed by atoms with Crippen molar-refractivity contribution < 1.29 is 4.79 Å². The molecule has 0 fully saturated rings. The maximum absolute atomic E-state index is 11.1. The SMILES string of the molecule is C=CC=Cn1nc(CC(=O)NC)cc1C. The second-order valence-electron chi connectivity index (χ2n) is 3.15. The molecule has 0 aliphatic carbocycles. The van der Waals surface area contributed by atoms with Gasteiger partial charge in [0.1, 0.15) is 0 Å². The van der Waals surface area contributed by atoms with Gasteiger partial charge in [-0.1, -0.05) is 12.7 Å². The van der Waals surface area contributed by atoms with Crippen molar-refractivity contribution in [2.75, 3.05) is 7.05 Å². The van der Waals surface area contributed by atoms with Gasteiger partial charge in [0.2, 0.25) is 5.91 Å². The molecule has 1 amide bonds. The summed E-state index contributed by atoms with van der Waals surface area (Å²) in [6.45, 7) is 5.52. The second-order valence-corrected chi connectivity index (χ2v) is 3.15. The van der Waals surface area contributed by atoms with Crippen molar-refractivity contribution >= 4 is 12.1 Å². The molecule has 1 aromatic heterocycles. The maximum Gasteiger partial charge on any atom is 0.225 e. The molecule has 0 spiro atoms. The Bertz CT molecular complexity index is 391. The number of hydrogen-bond donors (Lipinski definition) is 1. The molecule has 0 aliphatic heterocycles. The number of carbonyl (C=O) groups excluding carboxylic acids is 1. The Morgan fingerprint density at radius 1 is 1.73 bits per heavy atom. The molecular weight excluding hydrogens is 190 g/mol. The second kappa shape index (κ2) is 5.14. The summed E-state index contributed by atoms with van der Waals surface area (Å²) in [6.07, 6.45) is 5.59. The van der Waals surface area contributed by atoms with E-state index in [0.717, 1.165) is 11.4 Å². The molecule has 0 saturated carbocycles. The van der Waals surface area contributed by atoms with Crippen molar-refractivity contribution in [3.05, 3.63) is 36.2 Å². The van der Waals surface area contributed by atoms with Crippen LogP contribution >= 0.6 is 0 Å². The van der Waals surface area contributed by atoms with Crippen molar-refractivity contribution in [2.45, 2.75) is 13.3 Å². The van der Waals surface area contributed by atoms with Gasteiger partial charge in [0.15, 0.2) is 0 Å². The van der Waals surface area contributed by atoms with E-state index in [1.165, 1.54) is 0 Å². The average molecular weight is 205 g/mol. The van der Waals surface area contributed by atoms with E-state index >= 15 is 0 Å². The van der Waals surface area contributed by atoms with Crippen molar-refractivity contribution in [3.63, 3.8) is 0 Å². The standard InChI is InChI=1S/C11H15N3O/c1-4-5-6-14-9(2)7-10(13-14)8-11(15)12-3/h4-7H,1,8H2,2-3H3,(H,12,15). The Morgan fingerprint density at radius 3 is 3.07 bits per heavy atom. The minimum atomic E-state index is -0.0349. The fourth-order valence-electron chi connectivity index (χ4n) is 1.19. The number of nitrogens with one attached hydrogen (secondary N) is 1. The summed E-state index contributed by atoms with van der Waals surface area (Å²) in [5.74, 6) is -0.0349. The lowest BCUT2D eigenvalue weighted by atomic mass is 10.3. The zero-order valence-corrected chi connectivity index (χ0v) is 9.03. The molecule has 1 rings (SSSR count). The summed E-state index contributed by atoms with van der Waals surface area (Å²) in [4.78, 5) is 11.1. The number of likely N-dealkylation sites (N-methyl/N-ethyl adjacent to an activating group) is 1. The van der Waals surface area contributed by atoms with E-state index in [0.29, 0.717) is 6.42 Å². The van der Waals surface area contributed by atoms with Crippen LogP contribution in [0.2, 0.25) is 0 Å². The van der Waals surface area contributed by atoms with Crippen LogP contribution in [0.15, 0.2) is 24.8 Å². The van der Waals surface area contributed by atoms with Crippen molar-refractivity contribution in [1.82, 2.24) is 15.1 Å². The largest absolute Gasteiger partial charge is 0.359 e. The molecule has 1 N–H and O–H groups in total. The molecular formula is C11H15N3O. The molecule has 1 aromatic rings. The molecule has 80 valence electrons. The molecule has 0 bridgehead atoms. The Kier molecular flexibility index (Phi) is 3.85. The Labute approximate surface area is 89.3 Å². The van der Waals surface area contributed by atoms with E-state index in [4.69, 9.17) is 0 Å². The van der Waals surface area contributed by atoms with Crippen molar-refractivity contribution in [3.8, 4) is 0 Å². The van der Waals surface area contributed by atoms with E-state index in [-0.39, 0.29) is 5.91 Å². The summed E-state index contributed by atoms with van der Waals surface area (Å²) < 4.78 is 1.72. The molecule has 0 aliphatic rings. The molecule has 0 saturated heterocycles. The third kappa shape index (κ3) is 3.09. The monoisotopic (exact) mass is 205 g/mol. The van der Waals surface area contributed by atoms with E-state index < -0.39 is 0 Å². The molecule has 15 heavy (non-hydrogen) atoms. The first-order valence-corrected chi connectivity index (χ1v) is 4.72. The van der Waals surface area contributed by atoms with Crippen LogP contribution in [-0.2, 0) is 11.2 Å². The fourth-order valence-corrected chi connectivity index (χ4v) is 1.19. The summed E-state index contributed by atoms with van der Waals surface area (Å²) in [5.41, 5.74) is 1.76. The minimum absolute atomic E-state index is 0.0349. The number of hydrogen-bond acceptors (Lipinski definition) is 2. The average Bonchev–Trinajstić information content (AvgIpc) is 2.55. The van der Waals surface area contributed by atoms with Crippen LogP contribution in [0.3, 0.4) is 0 Å². The van der Waals surface area contributed by atoms with Crippen LogP contribution in [0, 0.1) is 6.92 Å². The van der Waals surface area contributed by atoms with Gasteiger partial charge < -0.3 is 5.32 Å². The highest BCUT2D eigenvalue weighted by atomic mass is 16.1. The molecule has 0 aromatic carbocycles. The number of nitrogens with zero attached hydrogens (tertiary/aromatic N) is 2.